The Morgan fingerprint density at radius 3 is 2.89 bits per heavy atom. The first-order valence-corrected chi connectivity index (χ1v) is 2.81. The first-order valence-electron chi connectivity index (χ1n) is 2.81. The maximum Gasteiger partial charge on any atom is 0.209 e. The van der Waals surface area contributed by atoms with Gasteiger partial charge in [-0.25, -0.2) is 5.43 Å². The second-order valence-electron chi connectivity index (χ2n) is 1.44. The van der Waals surface area contributed by atoms with Gasteiger partial charge < -0.3 is 5.73 Å². The summed E-state index contributed by atoms with van der Waals surface area (Å²) in [6, 6.07) is 0. The van der Waals surface area contributed by atoms with E-state index in [1.165, 1.54) is 0 Å². The van der Waals surface area contributed by atoms with E-state index in [0.717, 1.165) is 6.42 Å². The standard InChI is InChI=1S/C5H12N4/c1-3-4-8-9-5(6)7-2/h4H,3H2,1-2H3,(H3,6,7,9). The maximum atomic E-state index is 5.24. The molecular weight excluding hydrogens is 116 g/mol. The highest BCUT2D eigenvalue weighted by Gasteiger charge is 1.78. The van der Waals surface area contributed by atoms with Crippen molar-refractivity contribution < 1.29 is 0 Å². The smallest absolute Gasteiger partial charge is 0.209 e. The molecule has 0 aliphatic rings. The third kappa shape index (κ3) is 4.80. The van der Waals surface area contributed by atoms with Gasteiger partial charge in [-0.1, -0.05) is 6.92 Å². The predicted octanol–water partition coefficient (Wildman–Crippen LogP) is -0.0837. The van der Waals surface area contributed by atoms with E-state index in [-0.39, 0.29) is 0 Å². The molecule has 0 spiro atoms. The molecule has 9 heavy (non-hydrogen) atoms. The van der Waals surface area contributed by atoms with Gasteiger partial charge in [0.05, 0.1) is 0 Å². The lowest BCUT2D eigenvalue weighted by Gasteiger charge is -1.93. The molecule has 0 aliphatic heterocycles. The van der Waals surface area contributed by atoms with Crippen LogP contribution in [0, 0.1) is 0 Å². The Kier molecular flexibility index (Phi) is 4.49. The van der Waals surface area contributed by atoms with Crippen LogP contribution in [0.5, 0.6) is 0 Å². The molecule has 0 unspecified atom stereocenters. The number of rotatable bonds is 2. The van der Waals surface area contributed by atoms with Crippen LogP contribution in [-0.4, -0.2) is 19.2 Å². The van der Waals surface area contributed by atoms with E-state index in [9.17, 15) is 0 Å². The van der Waals surface area contributed by atoms with Crippen molar-refractivity contribution in [1.82, 2.24) is 5.43 Å². The highest BCUT2D eigenvalue weighted by molar-refractivity contribution is 5.78. The summed E-state index contributed by atoms with van der Waals surface area (Å²) in [6.07, 6.45) is 2.61. The van der Waals surface area contributed by atoms with Crippen molar-refractivity contribution >= 4 is 12.2 Å². The summed E-state index contributed by atoms with van der Waals surface area (Å²) in [5.74, 6) is 0.333. The van der Waals surface area contributed by atoms with Crippen molar-refractivity contribution in [3.05, 3.63) is 0 Å². The lowest BCUT2D eigenvalue weighted by Crippen LogP contribution is -2.26. The Bertz CT molecular complexity index is 116. The number of hydrazone groups is 1. The molecule has 0 saturated carbocycles. The van der Waals surface area contributed by atoms with Gasteiger partial charge in [-0.05, 0) is 6.42 Å². The van der Waals surface area contributed by atoms with E-state index in [2.05, 4.69) is 15.5 Å². The maximum absolute atomic E-state index is 5.24. The predicted molar refractivity (Wildman–Crippen MR) is 39.5 cm³/mol. The van der Waals surface area contributed by atoms with E-state index in [1.54, 1.807) is 13.3 Å². The summed E-state index contributed by atoms with van der Waals surface area (Å²) in [4.78, 5) is 3.63. The molecule has 0 aromatic rings. The third-order valence-electron chi connectivity index (χ3n) is 0.694. The van der Waals surface area contributed by atoms with E-state index in [0.29, 0.717) is 5.96 Å². The fourth-order valence-electron chi connectivity index (χ4n) is 0.253. The minimum Gasteiger partial charge on any atom is -0.369 e. The van der Waals surface area contributed by atoms with Crippen molar-refractivity contribution in [2.45, 2.75) is 13.3 Å². The highest BCUT2D eigenvalue weighted by atomic mass is 15.3. The molecule has 0 radical (unpaired) electrons. The first kappa shape index (κ1) is 7.94. The monoisotopic (exact) mass is 128 g/mol. The number of nitrogens with two attached hydrogens (primary N) is 1. The minimum absolute atomic E-state index is 0.333. The van der Waals surface area contributed by atoms with E-state index >= 15 is 0 Å². The van der Waals surface area contributed by atoms with Crippen molar-refractivity contribution in [2.75, 3.05) is 7.05 Å². The molecule has 0 fully saturated rings. The average Bonchev–Trinajstić information content (AvgIpc) is 1.89. The topological polar surface area (TPSA) is 62.8 Å². The van der Waals surface area contributed by atoms with E-state index < -0.39 is 0 Å². The zero-order chi connectivity index (χ0) is 7.11. The zero-order valence-electron chi connectivity index (χ0n) is 5.76. The largest absolute Gasteiger partial charge is 0.369 e. The van der Waals surface area contributed by atoms with E-state index in [4.69, 9.17) is 5.73 Å². The van der Waals surface area contributed by atoms with Crippen molar-refractivity contribution in [3.8, 4) is 0 Å². The molecule has 0 aliphatic carbocycles. The lowest BCUT2D eigenvalue weighted by atomic mass is 10.6. The molecule has 0 amide bonds. The molecule has 0 heterocycles. The summed E-state index contributed by atoms with van der Waals surface area (Å²) in [7, 11) is 1.60. The number of hydrogen-bond donors (Lipinski definition) is 2. The number of nitrogens with zero attached hydrogens (tertiary/aromatic N) is 2. The average molecular weight is 128 g/mol. The molecule has 0 saturated heterocycles. The van der Waals surface area contributed by atoms with Gasteiger partial charge in [0.25, 0.3) is 0 Å². The van der Waals surface area contributed by atoms with Crippen LogP contribution in [0.2, 0.25) is 0 Å². The van der Waals surface area contributed by atoms with Crippen LogP contribution >= 0.6 is 0 Å². The molecule has 4 nitrogen and oxygen atoms in total. The molecule has 4 heteroatoms. The second kappa shape index (κ2) is 5.08. The van der Waals surface area contributed by atoms with Gasteiger partial charge in [-0.3, -0.25) is 4.99 Å². The van der Waals surface area contributed by atoms with Crippen LogP contribution in [0.15, 0.2) is 10.1 Å². The Morgan fingerprint density at radius 2 is 2.44 bits per heavy atom. The van der Waals surface area contributed by atoms with Gasteiger partial charge in [0.1, 0.15) is 0 Å². The summed E-state index contributed by atoms with van der Waals surface area (Å²) in [5.41, 5.74) is 7.77. The fraction of sp³-hybridized carbons (Fsp3) is 0.600. The van der Waals surface area contributed by atoms with Crippen molar-refractivity contribution in [2.24, 2.45) is 15.8 Å². The fourth-order valence-corrected chi connectivity index (χ4v) is 0.253. The van der Waals surface area contributed by atoms with Crippen LogP contribution in [-0.2, 0) is 0 Å². The number of hydrogen-bond acceptors (Lipinski definition) is 2. The number of nitrogens with one attached hydrogen (secondary N) is 1. The van der Waals surface area contributed by atoms with Gasteiger partial charge in [0, 0.05) is 13.3 Å². The van der Waals surface area contributed by atoms with Crippen LogP contribution in [0.3, 0.4) is 0 Å². The zero-order valence-corrected chi connectivity index (χ0v) is 5.76. The first-order chi connectivity index (χ1) is 4.31. The van der Waals surface area contributed by atoms with E-state index in [1.807, 2.05) is 6.92 Å². The molecule has 0 rings (SSSR count). The SMILES string of the molecule is CCC=NNC(N)=NC. The molecule has 0 aromatic carbocycles. The van der Waals surface area contributed by atoms with Crippen molar-refractivity contribution in [3.63, 3.8) is 0 Å². The normalized spacial score (nSPS) is 12.4. The molecule has 52 valence electrons. The molecular formula is C5H12N4. The molecule has 0 bridgehead atoms. The summed E-state index contributed by atoms with van der Waals surface area (Å²) in [5, 5.41) is 3.73. The van der Waals surface area contributed by atoms with Gasteiger partial charge >= 0.3 is 0 Å². The molecule has 0 atom stereocenters. The molecule has 0 aromatic heterocycles. The third-order valence-corrected chi connectivity index (χ3v) is 0.694. The Hall–Kier alpha value is -1.06. The summed E-state index contributed by atoms with van der Waals surface area (Å²) < 4.78 is 0. The quantitative estimate of drug-likeness (QED) is 0.310. The molecule has 3 N–H and O–H groups in total. The van der Waals surface area contributed by atoms with Gasteiger partial charge in [0.2, 0.25) is 5.96 Å². The highest BCUT2D eigenvalue weighted by Crippen LogP contribution is 1.64. The van der Waals surface area contributed by atoms with Crippen LogP contribution in [0.4, 0.5) is 0 Å². The lowest BCUT2D eigenvalue weighted by molar-refractivity contribution is 0.997. The van der Waals surface area contributed by atoms with Crippen LogP contribution < -0.4 is 11.2 Å². The van der Waals surface area contributed by atoms with Gasteiger partial charge in [-0.2, -0.15) is 5.10 Å². The van der Waals surface area contributed by atoms with Crippen molar-refractivity contribution in [1.29, 1.82) is 0 Å². The van der Waals surface area contributed by atoms with Gasteiger partial charge in [-0.15, -0.1) is 0 Å². The van der Waals surface area contributed by atoms with Crippen LogP contribution in [0.1, 0.15) is 13.3 Å². The second-order valence-corrected chi connectivity index (χ2v) is 1.44. The number of guanidine groups is 1. The number of aliphatic imine (C=N–C) groups is 1. The Morgan fingerprint density at radius 1 is 1.78 bits per heavy atom. The minimum atomic E-state index is 0.333. The Labute approximate surface area is 54.8 Å². The van der Waals surface area contributed by atoms with Gasteiger partial charge in [0.15, 0.2) is 0 Å². The van der Waals surface area contributed by atoms with Crippen LogP contribution in [0.25, 0.3) is 0 Å². The summed E-state index contributed by atoms with van der Waals surface area (Å²) >= 11 is 0. The summed E-state index contributed by atoms with van der Waals surface area (Å²) in [6.45, 7) is 1.99. The Balaban J connectivity index is 3.38.